The number of carbonyl (C=O) groups excluding carboxylic acids is 1. The van der Waals surface area contributed by atoms with E-state index in [-0.39, 0.29) is 5.91 Å². The van der Waals surface area contributed by atoms with Gasteiger partial charge in [0.15, 0.2) is 0 Å². The van der Waals surface area contributed by atoms with Gasteiger partial charge in [-0.1, -0.05) is 0 Å². The Bertz CT molecular complexity index is 496. The zero-order chi connectivity index (χ0) is 15.4. The number of nitrogens with zero attached hydrogens (tertiary/aromatic N) is 4. The van der Waals surface area contributed by atoms with Crippen LogP contribution in [0.5, 0.6) is 0 Å². The molecule has 122 valence electrons. The smallest absolute Gasteiger partial charge is 0.224 e. The number of rotatable bonds is 5. The van der Waals surface area contributed by atoms with Gasteiger partial charge in [-0.25, -0.2) is 4.98 Å². The van der Waals surface area contributed by atoms with Crippen LogP contribution < -0.4 is 0 Å². The zero-order valence-corrected chi connectivity index (χ0v) is 13.4. The number of amides is 1. The summed E-state index contributed by atoms with van der Waals surface area (Å²) < 4.78 is 7.55. The number of aromatic nitrogens is 2. The third kappa shape index (κ3) is 3.87. The molecule has 22 heavy (non-hydrogen) atoms. The quantitative estimate of drug-likeness (QED) is 0.800. The van der Waals surface area contributed by atoms with Crippen molar-refractivity contribution in [2.75, 3.05) is 46.4 Å². The molecule has 0 aliphatic carbocycles. The van der Waals surface area contributed by atoms with E-state index in [1.54, 1.807) is 0 Å². The van der Waals surface area contributed by atoms with Gasteiger partial charge < -0.3 is 19.1 Å². The Balaban J connectivity index is 1.39. The van der Waals surface area contributed by atoms with E-state index >= 15 is 0 Å². The third-order valence-corrected chi connectivity index (χ3v) is 4.67. The molecule has 1 saturated heterocycles. The molecule has 1 fully saturated rings. The predicted molar refractivity (Wildman–Crippen MR) is 83.6 cm³/mol. The van der Waals surface area contributed by atoms with Crippen LogP contribution in [0.25, 0.3) is 0 Å². The van der Waals surface area contributed by atoms with Gasteiger partial charge >= 0.3 is 0 Å². The zero-order valence-electron chi connectivity index (χ0n) is 13.4. The van der Waals surface area contributed by atoms with Gasteiger partial charge in [0.05, 0.1) is 13.2 Å². The van der Waals surface area contributed by atoms with Crippen molar-refractivity contribution in [2.24, 2.45) is 5.92 Å². The van der Waals surface area contributed by atoms with E-state index in [4.69, 9.17) is 4.74 Å². The van der Waals surface area contributed by atoms with E-state index in [9.17, 15) is 4.79 Å². The normalized spacial score (nSPS) is 21.9. The fourth-order valence-corrected chi connectivity index (χ4v) is 3.38. The summed E-state index contributed by atoms with van der Waals surface area (Å²) in [5.74, 6) is 2.13. The standard InChI is InChI=1S/C16H26N4O2/c1-18(6-4-16(21)19-8-10-22-11-9-19)12-14-2-3-15-17-5-7-20(15)13-14/h5,7,14H,2-4,6,8-13H2,1H3. The van der Waals surface area contributed by atoms with Crippen LogP contribution in [-0.2, 0) is 22.5 Å². The molecule has 0 aromatic carbocycles. The Morgan fingerprint density at radius 2 is 2.27 bits per heavy atom. The van der Waals surface area contributed by atoms with Crippen LogP contribution in [0.15, 0.2) is 12.4 Å². The third-order valence-electron chi connectivity index (χ3n) is 4.67. The molecule has 6 heteroatoms. The summed E-state index contributed by atoms with van der Waals surface area (Å²) in [7, 11) is 2.12. The van der Waals surface area contributed by atoms with Crippen LogP contribution in [0.4, 0.5) is 0 Å². The Morgan fingerprint density at radius 3 is 3.09 bits per heavy atom. The highest BCUT2D eigenvalue weighted by atomic mass is 16.5. The van der Waals surface area contributed by atoms with Crippen molar-refractivity contribution in [2.45, 2.75) is 25.8 Å². The number of imidazole rings is 1. The number of ether oxygens (including phenoxy) is 1. The van der Waals surface area contributed by atoms with Crippen LogP contribution in [-0.4, -0.2) is 71.7 Å². The number of carbonyl (C=O) groups is 1. The molecule has 6 nitrogen and oxygen atoms in total. The van der Waals surface area contributed by atoms with Gasteiger partial charge in [0.1, 0.15) is 5.82 Å². The summed E-state index contributed by atoms with van der Waals surface area (Å²) in [6, 6.07) is 0. The minimum absolute atomic E-state index is 0.260. The molecule has 2 aliphatic rings. The fraction of sp³-hybridized carbons (Fsp3) is 0.750. The first-order chi connectivity index (χ1) is 10.7. The fourth-order valence-electron chi connectivity index (χ4n) is 3.38. The molecule has 0 bridgehead atoms. The van der Waals surface area contributed by atoms with Gasteiger partial charge in [0.25, 0.3) is 0 Å². The summed E-state index contributed by atoms with van der Waals surface area (Å²) in [4.78, 5) is 20.7. The van der Waals surface area contributed by atoms with Gasteiger partial charge in [-0.05, 0) is 19.4 Å². The van der Waals surface area contributed by atoms with Crippen molar-refractivity contribution in [3.8, 4) is 0 Å². The molecule has 2 aliphatic heterocycles. The Morgan fingerprint density at radius 1 is 1.45 bits per heavy atom. The van der Waals surface area contributed by atoms with Crippen LogP contribution in [0.1, 0.15) is 18.7 Å². The number of morpholine rings is 1. The molecule has 1 aromatic rings. The first-order valence-corrected chi connectivity index (χ1v) is 8.26. The van der Waals surface area contributed by atoms with Crippen molar-refractivity contribution in [3.05, 3.63) is 18.2 Å². The minimum Gasteiger partial charge on any atom is -0.378 e. The second-order valence-corrected chi connectivity index (χ2v) is 6.41. The summed E-state index contributed by atoms with van der Waals surface area (Å²) >= 11 is 0. The Labute approximate surface area is 132 Å². The van der Waals surface area contributed by atoms with E-state index in [0.29, 0.717) is 25.6 Å². The molecule has 1 aromatic heterocycles. The van der Waals surface area contributed by atoms with E-state index < -0.39 is 0 Å². The highest BCUT2D eigenvalue weighted by Crippen LogP contribution is 2.19. The number of fused-ring (bicyclic) bond motifs is 1. The number of aryl methyl sites for hydroxylation is 1. The minimum atomic E-state index is 0.260. The van der Waals surface area contributed by atoms with Crippen molar-refractivity contribution >= 4 is 5.91 Å². The molecular weight excluding hydrogens is 280 g/mol. The van der Waals surface area contributed by atoms with Crippen LogP contribution >= 0.6 is 0 Å². The van der Waals surface area contributed by atoms with Crippen LogP contribution in [0.3, 0.4) is 0 Å². The molecule has 3 heterocycles. The molecule has 0 N–H and O–H groups in total. The first-order valence-electron chi connectivity index (χ1n) is 8.26. The Kier molecular flexibility index (Phi) is 5.10. The lowest BCUT2D eigenvalue weighted by Gasteiger charge is -2.30. The highest BCUT2D eigenvalue weighted by Gasteiger charge is 2.21. The predicted octanol–water partition coefficient (Wildman–Crippen LogP) is 0.626. The van der Waals surface area contributed by atoms with Gasteiger partial charge in [-0.2, -0.15) is 0 Å². The maximum absolute atomic E-state index is 12.2. The summed E-state index contributed by atoms with van der Waals surface area (Å²) in [6.45, 7) is 5.78. The van der Waals surface area contributed by atoms with E-state index in [1.807, 2.05) is 11.1 Å². The molecule has 1 unspecified atom stereocenters. The van der Waals surface area contributed by atoms with E-state index in [0.717, 1.165) is 39.1 Å². The van der Waals surface area contributed by atoms with Crippen LogP contribution in [0, 0.1) is 5.92 Å². The maximum atomic E-state index is 12.2. The average molecular weight is 306 g/mol. The largest absolute Gasteiger partial charge is 0.378 e. The topological polar surface area (TPSA) is 50.6 Å². The van der Waals surface area contributed by atoms with Gasteiger partial charge in [0, 0.05) is 58.0 Å². The summed E-state index contributed by atoms with van der Waals surface area (Å²) in [5, 5.41) is 0. The van der Waals surface area contributed by atoms with Crippen molar-refractivity contribution < 1.29 is 9.53 Å². The highest BCUT2D eigenvalue weighted by molar-refractivity contribution is 5.76. The number of hydrogen-bond acceptors (Lipinski definition) is 4. The van der Waals surface area contributed by atoms with Gasteiger partial charge in [-0.15, -0.1) is 0 Å². The molecule has 0 saturated carbocycles. The summed E-state index contributed by atoms with van der Waals surface area (Å²) in [5.41, 5.74) is 0. The summed E-state index contributed by atoms with van der Waals surface area (Å²) in [6.07, 6.45) is 6.84. The van der Waals surface area contributed by atoms with Gasteiger partial charge in [-0.3, -0.25) is 4.79 Å². The number of hydrogen-bond donors (Lipinski definition) is 0. The van der Waals surface area contributed by atoms with Crippen molar-refractivity contribution in [1.29, 1.82) is 0 Å². The SMILES string of the molecule is CN(CCC(=O)N1CCOCC1)CC1CCc2nccn2C1. The van der Waals surface area contributed by atoms with Crippen molar-refractivity contribution in [3.63, 3.8) is 0 Å². The molecule has 1 amide bonds. The maximum Gasteiger partial charge on any atom is 0.224 e. The monoisotopic (exact) mass is 306 g/mol. The average Bonchev–Trinajstić information content (AvgIpc) is 3.01. The lowest BCUT2D eigenvalue weighted by molar-refractivity contribution is -0.135. The first kappa shape index (κ1) is 15.5. The Hall–Kier alpha value is -1.40. The van der Waals surface area contributed by atoms with Gasteiger partial charge in [0.2, 0.25) is 5.91 Å². The molecule has 1 atom stereocenters. The van der Waals surface area contributed by atoms with Crippen LogP contribution in [0.2, 0.25) is 0 Å². The van der Waals surface area contributed by atoms with E-state index in [2.05, 4.69) is 27.7 Å². The van der Waals surface area contributed by atoms with E-state index in [1.165, 1.54) is 12.2 Å². The lowest BCUT2D eigenvalue weighted by Crippen LogP contribution is -2.42. The lowest BCUT2D eigenvalue weighted by atomic mass is 9.99. The second-order valence-electron chi connectivity index (χ2n) is 6.41. The molecule has 0 radical (unpaired) electrons. The molecule has 3 rings (SSSR count). The van der Waals surface area contributed by atoms with Crippen molar-refractivity contribution in [1.82, 2.24) is 19.4 Å². The molecule has 0 spiro atoms. The molecular formula is C16H26N4O2. The second kappa shape index (κ2) is 7.24.